The van der Waals surface area contributed by atoms with Crippen LogP contribution < -0.4 is 5.32 Å². The lowest BCUT2D eigenvalue weighted by Gasteiger charge is -2.26. The lowest BCUT2D eigenvalue weighted by Crippen LogP contribution is -2.44. The Hall–Kier alpha value is -1.89. The molecule has 1 aliphatic rings. The molecule has 1 aliphatic heterocycles. The molecule has 130 valence electrons. The molecule has 0 radical (unpaired) electrons. The molecule has 1 aromatic heterocycles. The van der Waals surface area contributed by atoms with Gasteiger partial charge in [0.2, 0.25) is 0 Å². The van der Waals surface area contributed by atoms with E-state index < -0.39 is 5.97 Å². The quantitative estimate of drug-likeness (QED) is 0.738. The summed E-state index contributed by atoms with van der Waals surface area (Å²) in [5.41, 5.74) is 3.26. The molecule has 1 aromatic carbocycles. The molecule has 3 rings (SSSR count). The Morgan fingerprint density at radius 2 is 2.00 bits per heavy atom. The highest BCUT2D eigenvalue weighted by atomic mass is 16.4. The molecule has 0 atom stereocenters. The Balaban J connectivity index is 1.92. The summed E-state index contributed by atoms with van der Waals surface area (Å²) in [6.45, 7) is 7.53. The van der Waals surface area contributed by atoms with Gasteiger partial charge in [0.25, 0.3) is 0 Å². The minimum Gasteiger partial charge on any atom is -0.478 e. The zero-order valence-electron chi connectivity index (χ0n) is 14.1. The number of piperazine rings is 1. The van der Waals surface area contributed by atoms with Crippen LogP contribution in [0.5, 0.6) is 0 Å². The van der Waals surface area contributed by atoms with Crippen LogP contribution in [0.3, 0.4) is 0 Å². The highest BCUT2D eigenvalue weighted by molar-refractivity contribution is 5.96. The number of aromatic carboxylic acids is 1. The van der Waals surface area contributed by atoms with Crippen LogP contribution in [0.4, 0.5) is 0 Å². The maximum absolute atomic E-state index is 11.5. The number of carboxylic acids is 1. The van der Waals surface area contributed by atoms with Crippen molar-refractivity contribution in [3.05, 3.63) is 35.0 Å². The van der Waals surface area contributed by atoms with E-state index in [2.05, 4.69) is 16.4 Å². The van der Waals surface area contributed by atoms with Crippen molar-refractivity contribution >= 4 is 16.9 Å². The second-order valence-corrected chi connectivity index (χ2v) is 6.40. The van der Waals surface area contributed by atoms with E-state index in [0.29, 0.717) is 12.1 Å². The fraction of sp³-hybridized carbons (Fsp3) is 0.500. The highest BCUT2D eigenvalue weighted by Crippen LogP contribution is 2.26. The largest absolute Gasteiger partial charge is 0.478 e. The molecular formula is C18H25N3O3. The molecule has 0 bridgehead atoms. The van der Waals surface area contributed by atoms with Crippen LogP contribution in [-0.2, 0) is 13.0 Å². The molecule has 0 spiro atoms. The van der Waals surface area contributed by atoms with Gasteiger partial charge in [-0.1, -0.05) is 0 Å². The van der Waals surface area contributed by atoms with E-state index in [9.17, 15) is 15.0 Å². The minimum absolute atomic E-state index is 0.0702. The number of nitrogens with zero attached hydrogens (tertiary/aromatic N) is 2. The van der Waals surface area contributed by atoms with Crippen LogP contribution in [0.25, 0.3) is 10.9 Å². The maximum Gasteiger partial charge on any atom is 0.335 e. The van der Waals surface area contributed by atoms with Gasteiger partial charge in [0.05, 0.1) is 12.2 Å². The van der Waals surface area contributed by atoms with Crippen molar-refractivity contribution in [3.8, 4) is 0 Å². The van der Waals surface area contributed by atoms with E-state index in [1.807, 2.05) is 17.6 Å². The first-order chi connectivity index (χ1) is 11.6. The zero-order chi connectivity index (χ0) is 17.1. The van der Waals surface area contributed by atoms with Crippen molar-refractivity contribution in [3.63, 3.8) is 0 Å². The number of aliphatic hydroxyl groups excluding tert-OH is 1. The maximum atomic E-state index is 11.5. The predicted molar refractivity (Wildman–Crippen MR) is 93.7 cm³/mol. The predicted octanol–water partition coefficient (Wildman–Crippen LogP) is 1.09. The normalized spacial score (nSPS) is 15.9. The topological polar surface area (TPSA) is 77.7 Å². The number of carboxylic acid groups (broad SMARTS) is 1. The number of carbonyl (C=O) groups is 1. The molecule has 24 heavy (non-hydrogen) atoms. The van der Waals surface area contributed by atoms with Crippen molar-refractivity contribution in [1.29, 1.82) is 0 Å². The van der Waals surface area contributed by atoms with Crippen molar-refractivity contribution in [2.75, 3.05) is 39.3 Å². The number of nitrogens with one attached hydrogen (secondary N) is 1. The van der Waals surface area contributed by atoms with Gasteiger partial charge in [0.1, 0.15) is 0 Å². The van der Waals surface area contributed by atoms with Gasteiger partial charge in [-0.25, -0.2) is 4.79 Å². The lowest BCUT2D eigenvalue weighted by atomic mass is 10.0. The number of benzene rings is 1. The lowest BCUT2D eigenvalue weighted by molar-refractivity contribution is 0.0696. The molecule has 1 saturated heterocycles. The highest BCUT2D eigenvalue weighted by Gasteiger charge is 2.16. The van der Waals surface area contributed by atoms with Gasteiger partial charge in [0, 0.05) is 56.4 Å². The third kappa shape index (κ3) is 3.45. The summed E-state index contributed by atoms with van der Waals surface area (Å²) < 4.78 is 2.03. The molecule has 0 unspecified atom stereocenters. The van der Waals surface area contributed by atoms with Crippen molar-refractivity contribution < 1.29 is 15.0 Å². The van der Waals surface area contributed by atoms with Gasteiger partial charge < -0.3 is 25.0 Å². The number of aryl methyl sites for hydroxylation is 1. The standard InChI is InChI=1S/C18H25N3O3/c1-13-10-17-16(11-15(13)18(23)24)14(12-21(17)8-9-22)2-5-20-6-3-19-4-7-20/h10-12,19,22H,2-9H2,1H3,(H,23,24). The van der Waals surface area contributed by atoms with Crippen LogP contribution >= 0.6 is 0 Å². The van der Waals surface area contributed by atoms with Gasteiger partial charge in [-0.05, 0) is 36.6 Å². The smallest absolute Gasteiger partial charge is 0.335 e. The molecule has 0 amide bonds. The summed E-state index contributed by atoms with van der Waals surface area (Å²) in [4.78, 5) is 13.9. The van der Waals surface area contributed by atoms with E-state index in [4.69, 9.17) is 0 Å². The monoisotopic (exact) mass is 331 g/mol. The summed E-state index contributed by atoms with van der Waals surface area (Å²) in [5, 5.41) is 23.0. The van der Waals surface area contributed by atoms with E-state index in [-0.39, 0.29) is 6.61 Å². The Morgan fingerprint density at radius 3 is 2.67 bits per heavy atom. The van der Waals surface area contributed by atoms with Crippen molar-refractivity contribution in [2.45, 2.75) is 19.9 Å². The summed E-state index contributed by atoms with van der Waals surface area (Å²) in [7, 11) is 0. The van der Waals surface area contributed by atoms with Crippen LogP contribution in [0.2, 0.25) is 0 Å². The van der Waals surface area contributed by atoms with E-state index >= 15 is 0 Å². The SMILES string of the molecule is Cc1cc2c(cc1C(=O)O)c(CCN1CCNCC1)cn2CCO. The first-order valence-corrected chi connectivity index (χ1v) is 8.49. The van der Waals surface area contributed by atoms with Crippen LogP contribution in [-0.4, -0.2) is 65.0 Å². The van der Waals surface area contributed by atoms with Crippen molar-refractivity contribution in [2.24, 2.45) is 0 Å². The number of aromatic nitrogens is 1. The first-order valence-electron chi connectivity index (χ1n) is 8.49. The molecule has 3 N–H and O–H groups in total. The van der Waals surface area contributed by atoms with Crippen LogP contribution in [0.1, 0.15) is 21.5 Å². The number of hydrogen-bond donors (Lipinski definition) is 3. The molecule has 0 aliphatic carbocycles. The Morgan fingerprint density at radius 1 is 1.25 bits per heavy atom. The third-order valence-electron chi connectivity index (χ3n) is 4.79. The molecule has 6 nitrogen and oxygen atoms in total. The number of rotatable bonds is 6. The van der Waals surface area contributed by atoms with Crippen LogP contribution in [0.15, 0.2) is 18.3 Å². The molecular weight excluding hydrogens is 306 g/mol. The summed E-state index contributed by atoms with van der Waals surface area (Å²) >= 11 is 0. The summed E-state index contributed by atoms with van der Waals surface area (Å²) in [6.07, 6.45) is 2.95. The Labute approximate surface area is 141 Å². The average molecular weight is 331 g/mol. The van der Waals surface area contributed by atoms with Gasteiger partial charge >= 0.3 is 5.97 Å². The van der Waals surface area contributed by atoms with Gasteiger partial charge in [-0.15, -0.1) is 0 Å². The zero-order valence-corrected chi connectivity index (χ0v) is 14.1. The van der Waals surface area contributed by atoms with E-state index in [0.717, 1.165) is 61.2 Å². The van der Waals surface area contributed by atoms with Gasteiger partial charge in [0.15, 0.2) is 0 Å². The average Bonchev–Trinajstić information content (AvgIpc) is 2.90. The number of fused-ring (bicyclic) bond motifs is 1. The third-order valence-corrected chi connectivity index (χ3v) is 4.79. The van der Waals surface area contributed by atoms with E-state index in [1.54, 1.807) is 6.07 Å². The fourth-order valence-electron chi connectivity index (χ4n) is 3.45. The second-order valence-electron chi connectivity index (χ2n) is 6.40. The number of aliphatic hydroxyl groups is 1. The minimum atomic E-state index is -0.891. The molecule has 0 saturated carbocycles. The second kappa shape index (κ2) is 7.34. The fourth-order valence-corrected chi connectivity index (χ4v) is 3.45. The first kappa shape index (κ1) is 17.0. The summed E-state index contributed by atoms with van der Waals surface area (Å²) in [5.74, 6) is -0.891. The molecule has 2 heterocycles. The molecule has 6 heteroatoms. The van der Waals surface area contributed by atoms with Crippen molar-refractivity contribution in [1.82, 2.24) is 14.8 Å². The van der Waals surface area contributed by atoms with Crippen LogP contribution in [0, 0.1) is 6.92 Å². The molecule has 1 fully saturated rings. The Kier molecular flexibility index (Phi) is 5.18. The molecule has 2 aromatic rings. The number of hydrogen-bond acceptors (Lipinski definition) is 4. The Bertz CT molecular complexity index is 733. The van der Waals surface area contributed by atoms with E-state index in [1.165, 1.54) is 0 Å². The summed E-state index contributed by atoms with van der Waals surface area (Å²) in [6, 6.07) is 3.71. The van der Waals surface area contributed by atoms with Gasteiger partial charge in [-0.2, -0.15) is 0 Å². The van der Waals surface area contributed by atoms with Gasteiger partial charge in [-0.3, -0.25) is 0 Å².